The van der Waals surface area contributed by atoms with Crippen LogP contribution in [0.15, 0.2) is 83.0 Å². The van der Waals surface area contributed by atoms with Gasteiger partial charge in [0, 0.05) is 36.6 Å². The molecule has 4 heterocycles. The second-order valence-electron chi connectivity index (χ2n) is 6.67. The van der Waals surface area contributed by atoms with Crippen LogP contribution >= 0.6 is 0 Å². The molecule has 0 bridgehead atoms. The van der Waals surface area contributed by atoms with Crippen molar-refractivity contribution in [2.24, 2.45) is 9.98 Å². The molecule has 6 nitrogen and oxygen atoms in total. The number of aliphatic imine (C=N–C) groups is 2. The van der Waals surface area contributed by atoms with Gasteiger partial charge in [-0.25, -0.2) is 9.97 Å². The molecule has 1 aromatic carbocycles. The van der Waals surface area contributed by atoms with Gasteiger partial charge in [0.05, 0.1) is 13.1 Å². The van der Waals surface area contributed by atoms with Gasteiger partial charge in [0.15, 0.2) is 0 Å². The summed E-state index contributed by atoms with van der Waals surface area (Å²) in [6, 6.07) is 20.4. The lowest BCUT2D eigenvalue weighted by molar-refractivity contribution is 0.999. The van der Waals surface area contributed by atoms with Crippen LogP contribution < -0.4 is 9.80 Å². The van der Waals surface area contributed by atoms with E-state index in [1.165, 1.54) is 0 Å². The Kier molecular flexibility index (Phi) is 4.29. The largest absolute Gasteiger partial charge is 0.309 e. The van der Waals surface area contributed by atoms with Crippen LogP contribution in [0.4, 0.5) is 11.6 Å². The number of hydrogen-bond donors (Lipinski definition) is 0. The predicted molar refractivity (Wildman–Crippen MR) is 112 cm³/mol. The van der Waals surface area contributed by atoms with Gasteiger partial charge >= 0.3 is 0 Å². The molecule has 0 unspecified atom stereocenters. The summed E-state index contributed by atoms with van der Waals surface area (Å²) in [7, 11) is 0. The van der Waals surface area contributed by atoms with Crippen LogP contribution in [0.1, 0.15) is 11.1 Å². The molecule has 3 aromatic rings. The first-order valence-electron chi connectivity index (χ1n) is 9.47. The van der Waals surface area contributed by atoms with Crippen molar-refractivity contribution < 1.29 is 0 Å². The molecule has 0 aliphatic carbocycles. The number of amidine groups is 2. The molecule has 6 heteroatoms. The predicted octanol–water partition coefficient (Wildman–Crippen LogP) is 3.01. The Morgan fingerprint density at radius 3 is 1.43 bits per heavy atom. The van der Waals surface area contributed by atoms with Crippen molar-refractivity contribution >= 4 is 23.3 Å². The Morgan fingerprint density at radius 2 is 1.04 bits per heavy atom. The van der Waals surface area contributed by atoms with E-state index in [0.29, 0.717) is 0 Å². The Morgan fingerprint density at radius 1 is 0.571 bits per heavy atom. The summed E-state index contributed by atoms with van der Waals surface area (Å²) < 4.78 is 0. The van der Waals surface area contributed by atoms with Gasteiger partial charge in [-0.3, -0.25) is 9.98 Å². The SMILES string of the molecule is c1ccc(N2CCN=C2c2ccc(C3=NCCN3c3ccccn3)cc2)nc1. The summed E-state index contributed by atoms with van der Waals surface area (Å²) in [5.41, 5.74) is 2.18. The van der Waals surface area contributed by atoms with Crippen LogP contribution in [0.25, 0.3) is 0 Å². The molecule has 138 valence electrons. The van der Waals surface area contributed by atoms with Gasteiger partial charge in [-0.1, -0.05) is 36.4 Å². The first-order valence-corrected chi connectivity index (χ1v) is 9.47. The van der Waals surface area contributed by atoms with Crippen LogP contribution in [0.3, 0.4) is 0 Å². The smallest absolute Gasteiger partial charge is 0.136 e. The van der Waals surface area contributed by atoms with Gasteiger partial charge in [0.25, 0.3) is 0 Å². The van der Waals surface area contributed by atoms with Crippen LogP contribution in [0.5, 0.6) is 0 Å². The highest BCUT2D eigenvalue weighted by molar-refractivity contribution is 6.13. The molecule has 0 N–H and O–H groups in total. The highest BCUT2D eigenvalue weighted by Crippen LogP contribution is 2.22. The Balaban J connectivity index is 1.40. The highest BCUT2D eigenvalue weighted by atomic mass is 15.3. The molecule has 0 saturated heterocycles. The normalized spacial score (nSPS) is 16.3. The van der Waals surface area contributed by atoms with Gasteiger partial charge in [0.2, 0.25) is 0 Å². The zero-order valence-electron chi connectivity index (χ0n) is 15.4. The van der Waals surface area contributed by atoms with E-state index >= 15 is 0 Å². The van der Waals surface area contributed by atoms with E-state index in [1.807, 2.05) is 48.8 Å². The lowest BCUT2D eigenvalue weighted by Gasteiger charge is -2.21. The standard InChI is InChI=1S/C22H20N6/c1-3-11-23-19(5-1)27-15-13-25-21(27)17-7-9-18(10-8-17)22-26-14-16-28(22)20-6-2-4-12-24-20/h1-12H,13-16H2. The van der Waals surface area contributed by atoms with Gasteiger partial charge in [-0.05, 0) is 24.3 Å². The minimum atomic E-state index is 0.786. The van der Waals surface area contributed by atoms with Crippen molar-refractivity contribution in [3.05, 3.63) is 84.2 Å². The Hall–Kier alpha value is -3.54. The summed E-state index contributed by atoms with van der Waals surface area (Å²) in [5, 5.41) is 0. The molecule has 0 spiro atoms. The first kappa shape index (κ1) is 16.6. The van der Waals surface area contributed by atoms with Crippen molar-refractivity contribution in [3.8, 4) is 0 Å². The molecule has 0 saturated carbocycles. The molecule has 0 fully saturated rings. The van der Waals surface area contributed by atoms with Gasteiger partial charge < -0.3 is 9.80 Å². The summed E-state index contributed by atoms with van der Waals surface area (Å²) in [4.78, 5) is 22.7. The number of benzene rings is 1. The maximum atomic E-state index is 4.71. The van der Waals surface area contributed by atoms with E-state index in [1.54, 1.807) is 0 Å². The lowest BCUT2D eigenvalue weighted by atomic mass is 10.1. The van der Waals surface area contributed by atoms with Crippen LogP contribution in [-0.2, 0) is 0 Å². The second-order valence-corrected chi connectivity index (χ2v) is 6.67. The maximum Gasteiger partial charge on any atom is 0.136 e. The first-order chi connectivity index (χ1) is 13.9. The molecular formula is C22H20N6. The number of anilines is 2. The van der Waals surface area contributed by atoms with E-state index in [4.69, 9.17) is 9.98 Å². The molecule has 0 atom stereocenters. The highest BCUT2D eigenvalue weighted by Gasteiger charge is 2.23. The zero-order valence-corrected chi connectivity index (χ0v) is 15.4. The van der Waals surface area contributed by atoms with Gasteiger partial charge in [-0.15, -0.1) is 0 Å². The fourth-order valence-electron chi connectivity index (χ4n) is 3.63. The van der Waals surface area contributed by atoms with E-state index in [0.717, 1.165) is 60.6 Å². The molecule has 5 rings (SSSR count). The van der Waals surface area contributed by atoms with Crippen molar-refractivity contribution in [1.29, 1.82) is 0 Å². The molecule has 0 amide bonds. The summed E-state index contributed by atoms with van der Waals surface area (Å²) in [6.07, 6.45) is 3.64. The molecule has 28 heavy (non-hydrogen) atoms. The fraction of sp³-hybridized carbons (Fsp3) is 0.182. The molecular weight excluding hydrogens is 348 g/mol. The van der Waals surface area contributed by atoms with Crippen LogP contribution in [0, 0.1) is 0 Å². The van der Waals surface area contributed by atoms with Crippen molar-refractivity contribution in [2.75, 3.05) is 36.0 Å². The van der Waals surface area contributed by atoms with Crippen molar-refractivity contribution in [2.45, 2.75) is 0 Å². The van der Waals surface area contributed by atoms with E-state index < -0.39 is 0 Å². The number of aromatic nitrogens is 2. The minimum Gasteiger partial charge on any atom is -0.309 e. The number of rotatable bonds is 4. The third kappa shape index (κ3) is 3.03. The summed E-state index contributed by atoms with van der Waals surface area (Å²) >= 11 is 0. The lowest BCUT2D eigenvalue weighted by Crippen LogP contribution is -2.30. The number of nitrogens with zero attached hydrogens (tertiary/aromatic N) is 6. The molecule has 2 aromatic heterocycles. The van der Waals surface area contributed by atoms with Gasteiger partial charge in [0.1, 0.15) is 23.3 Å². The van der Waals surface area contributed by atoms with E-state index in [-0.39, 0.29) is 0 Å². The van der Waals surface area contributed by atoms with E-state index in [9.17, 15) is 0 Å². The maximum absolute atomic E-state index is 4.71. The molecule has 2 aliphatic heterocycles. The molecule has 2 aliphatic rings. The minimum absolute atomic E-state index is 0.786. The van der Waals surface area contributed by atoms with Gasteiger partial charge in [-0.2, -0.15) is 0 Å². The topological polar surface area (TPSA) is 57.0 Å². The summed E-state index contributed by atoms with van der Waals surface area (Å²) in [5.74, 6) is 3.81. The quantitative estimate of drug-likeness (QED) is 0.710. The average Bonchev–Trinajstić information content (AvgIpc) is 3.45. The average molecular weight is 368 g/mol. The second kappa shape index (κ2) is 7.23. The van der Waals surface area contributed by atoms with Crippen molar-refractivity contribution in [3.63, 3.8) is 0 Å². The van der Waals surface area contributed by atoms with E-state index in [2.05, 4.69) is 44.0 Å². The number of hydrogen-bond acceptors (Lipinski definition) is 6. The van der Waals surface area contributed by atoms with Crippen LogP contribution in [-0.4, -0.2) is 47.8 Å². The summed E-state index contributed by atoms with van der Waals surface area (Å²) in [6.45, 7) is 3.28. The van der Waals surface area contributed by atoms with Crippen LogP contribution in [0.2, 0.25) is 0 Å². The third-order valence-electron chi connectivity index (χ3n) is 4.93. The Labute approximate surface area is 163 Å². The third-order valence-corrected chi connectivity index (χ3v) is 4.93. The monoisotopic (exact) mass is 368 g/mol. The number of pyridine rings is 2. The fourth-order valence-corrected chi connectivity index (χ4v) is 3.63. The molecule has 0 radical (unpaired) electrons. The zero-order chi connectivity index (χ0) is 18.8. The Bertz CT molecular complexity index is 927. The van der Waals surface area contributed by atoms with Crippen molar-refractivity contribution in [1.82, 2.24) is 9.97 Å².